The molecule has 48 heavy (non-hydrogen) atoms. The lowest BCUT2D eigenvalue weighted by Crippen LogP contribution is -2.74. The molecule has 1 saturated heterocycles. The van der Waals surface area contributed by atoms with E-state index >= 15 is 0 Å². The molecule has 258 valence electrons. The molecule has 2 heterocycles. The number of hydrogen-bond donors (Lipinski definition) is 4. The van der Waals surface area contributed by atoms with Gasteiger partial charge in [-0.1, -0.05) is 0 Å². The zero-order valence-electron chi connectivity index (χ0n) is 27.8. The molecular weight excluding hydrogens is 636 g/mol. The van der Waals surface area contributed by atoms with Crippen LogP contribution in [0.4, 0.5) is 5.69 Å². The second-order valence-corrected chi connectivity index (χ2v) is 15.5. The number of carbonyl (C=O) groups excluding carboxylic acids is 5. The minimum atomic E-state index is -2.76. The number of anilines is 1. The van der Waals surface area contributed by atoms with Gasteiger partial charge in [0, 0.05) is 54.2 Å². The molecule has 3 fully saturated rings. The fourth-order valence-corrected chi connectivity index (χ4v) is 9.75. The monoisotopic (exact) mass is 680 g/mol. The smallest absolute Gasteiger partial charge is 0.235 e. The molecule has 6 unspecified atom stereocenters. The number of carbonyl (C=O) groups is 5. The molecule has 4 aliphatic rings. The second-order valence-electron chi connectivity index (χ2n) is 14.3. The van der Waals surface area contributed by atoms with E-state index in [0.717, 1.165) is 48.7 Å². The van der Waals surface area contributed by atoms with Gasteiger partial charge in [-0.25, -0.2) is 0 Å². The maximum atomic E-state index is 14.4. The third kappa shape index (κ3) is 5.40. The van der Waals surface area contributed by atoms with Crippen LogP contribution in [0, 0.1) is 29.6 Å². The zero-order chi connectivity index (χ0) is 34.8. The highest BCUT2D eigenvalue weighted by Crippen LogP contribution is 2.53. The highest BCUT2D eigenvalue weighted by Gasteiger charge is 2.69. The lowest BCUT2D eigenvalue weighted by atomic mass is 9.52. The molecule has 2 saturated carbocycles. The number of primary amides is 1. The number of nitrogens with two attached hydrogens (primary N) is 1. The maximum Gasteiger partial charge on any atom is 0.235 e. The lowest BCUT2D eigenvalue weighted by Gasteiger charge is -2.52. The normalized spacial score (nSPS) is 29.5. The van der Waals surface area contributed by atoms with Crippen molar-refractivity contribution in [3.05, 3.63) is 34.2 Å². The average molecular weight is 681 g/mol. The number of phenolic OH excluding ortho intramolecular Hbond substituents is 1. The number of aromatic hydroxyl groups is 1. The number of benzene rings is 1. The quantitative estimate of drug-likeness (QED) is 0.295. The summed E-state index contributed by atoms with van der Waals surface area (Å²) < 4.78 is 0. The van der Waals surface area contributed by atoms with Crippen LogP contribution >= 0.6 is 11.3 Å². The predicted octanol–water partition coefficient (Wildman–Crippen LogP) is 1.26. The standard InChI is InChI=1S/C35H44N4O8S/c1-37(2)23-15-21(24-6-5-19(48-24)16-39-10-7-17(8-11-39)9-12-40)29(41)26-20(23)13-18-14-22-28(38(3)4)31(43)27(34(36)46)33(45)35(22,47)32(44)25(18)30(26)42/h5-6,15,17-18,22,25,27-28,40-41,47H,7-14,16H2,1-4H3,(H2,36,46). The molecule has 6 rings (SSSR count). The number of amides is 1. The van der Waals surface area contributed by atoms with E-state index in [1.807, 2.05) is 37.2 Å². The van der Waals surface area contributed by atoms with E-state index in [2.05, 4.69) is 4.90 Å². The fourth-order valence-electron chi connectivity index (χ4n) is 8.68. The summed E-state index contributed by atoms with van der Waals surface area (Å²) in [7, 11) is 6.80. The van der Waals surface area contributed by atoms with Crippen molar-refractivity contribution >= 4 is 46.1 Å². The van der Waals surface area contributed by atoms with E-state index in [4.69, 9.17) is 5.73 Å². The summed E-state index contributed by atoms with van der Waals surface area (Å²) in [6, 6.07) is 4.64. The van der Waals surface area contributed by atoms with Gasteiger partial charge in [-0.05, 0) is 94.9 Å². The lowest BCUT2D eigenvalue weighted by molar-refractivity contribution is -0.181. The van der Waals surface area contributed by atoms with Gasteiger partial charge in [0.25, 0.3) is 0 Å². The van der Waals surface area contributed by atoms with Crippen LogP contribution < -0.4 is 10.6 Å². The fraction of sp³-hybridized carbons (Fsp3) is 0.571. The van der Waals surface area contributed by atoms with Crippen LogP contribution in [0.5, 0.6) is 5.75 Å². The van der Waals surface area contributed by atoms with Crippen LogP contribution in [-0.2, 0) is 32.1 Å². The number of likely N-dealkylation sites (tertiary alicyclic amines) is 1. The Morgan fingerprint density at radius 2 is 1.77 bits per heavy atom. The van der Waals surface area contributed by atoms with Crippen molar-refractivity contribution in [1.29, 1.82) is 0 Å². The van der Waals surface area contributed by atoms with Crippen molar-refractivity contribution in [2.24, 2.45) is 35.3 Å². The number of aliphatic hydroxyl groups excluding tert-OH is 1. The SMILES string of the molecule is CN(C)c1cc(-c2ccc(CN3CCC(CCO)CC3)s2)c(O)c2c1CC1CC3C(N(C)C)C(=O)C(C(N)=O)C(=O)C3(O)C(=O)C1C2=O. The molecule has 12 nitrogen and oxygen atoms in total. The van der Waals surface area contributed by atoms with E-state index in [1.165, 1.54) is 16.2 Å². The van der Waals surface area contributed by atoms with Crippen LogP contribution in [0.1, 0.15) is 46.5 Å². The first-order chi connectivity index (χ1) is 22.7. The van der Waals surface area contributed by atoms with Crippen molar-refractivity contribution in [3.63, 3.8) is 0 Å². The van der Waals surface area contributed by atoms with Gasteiger partial charge < -0.3 is 26.0 Å². The number of hydrogen-bond acceptors (Lipinski definition) is 12. The molecule has 0 spiro atoms. The molecule has 1 aromatic heterocycles. The van der Waals surface area contributed by atoms with Crippen molar-refractivity contribution in [2.45, 2.75) is 50.3 Å². The third-order valence-electron chi connectivity index (χ3n) is 11.1. The molecule has 6 atom stereocenters. The Morgan fingerprint density at radius 1 is 1.08 bits per heavy atom. The first-order valence-corrected chi connectivity index (χ1v) is 17.3. The molecule has 5 N–H and O–H groups in total. The topological polar surface area (TPSA) is 182 Å². The van der Waals surface area contributed by atoms with Crippen LogP contribution in [0.25, 0.3) is 10.4 Å². The van der Waals surface area contributed by atoms with Gasteiger partial charge in [-0.15, -0.1) is 11.3 Å². The molecule has 1 aliphatic heterocycles. The highest BCUT2D eigenvalue weighted by molar-refractivity contribution is 7.15. The molecule has 3 aliphatic carbocycles. The van der Waals surface area contributed by atoms with Crippen LogP contribution in [0.2, 0.25) is 0 Å². The number of nitrogens with zero attached hydrogens (tertiary/aromatic N) is 3. The summed E-state index contributed by atoms with van der Waals surface area (Å²) in [5.41, 5.74) is 4.38. The van der Waals surface area contributed by atoms with E-state index in [1.54, 1.807) is 14.1 Å². The summed E-state index contributed by atoms with van der Waals surface area (Å²) >= 11 is 1.52. The number of rotatable bonds is 8. The van der Waals surface area contributed by atoms with E-state index < -0.39 is 64.4 Å². The number of likely N-dealkylation sites (N-methyl/N-ethyl adjacent to an activating group) is 1. The average Bonchev–Trinajstić information content (AvgIpc) is 3.47. The van der Waals surface area contributed by atoms with Crippen LogP contribution in [-0.4, -0.2) is 114 Å². The molecule has 13 heteroatoms. The number of piperidine rings is 1. The molecule has 1 aromatic carbocycles. The third-order valence-corrected chi connectivity index (χ3v) is 12.2. The summed E-state index contributed by atoms with van der Waals surface area (Å²) in [5.74, 6) is -10.0. The van der Waals surface area contributed by atoms with E-state index in [0.29, 0.717) is 22.7 Å². The molecule has 2 aromatic rings. The van der Waals surface area contributed by atoms with Crippen molar-refractivity contribution in [1.82, 2.24) is 9.80 Å². The molecule has 0 bridgehead atoms. The number of thiophene rings is 1. The minimum Gasteiger partial charge on any atom is -0.506 e. The number of Topliss-reactive ketones (excluding diaryl/α,β-unsaturated/α-hetero) is 4. The maximum absolute atomic E-state index is 14.4. The van der Waals surface area contributed by atoms with Crippen molar-refractivity contribution in [2.75, 3.05) is 52.8 Å². The van der Waals surface area contributed by atoms with Gasteiger partial charge in [-0.3, -0.25) is 33.8 Å². The Kier molecular flexibility index (Phi) is 9.14. The highest BCUT2D eigenvalue weighted by atomic mass is 32.1. The van der Waals surface area contributed by atoms with E-state index in [9.17, 15) is 39.3 Å². The van der Waals surface area contributed by atoms with Crippen molar-refractivity contribution < 1.29 is 39.3 Å². The van der Waals surface area contributed by atoms with Gasteiger partial charge in [0.05, 0.1) is 17.5 Å². The van der Waals surface area contributed by atoms with Crippen molar-refractivity contribution in [3.8, 4) is 16.2 Å². The summed E-state index contributed by atoms with van der Waals surface area (Å²) in [6.45, 7) is 2.84. The molecular formula is C35H44N4O8S. The number of fused-ring (bicyclic) bond motifs is 3. The summed E-state index contributed by atoms with van der Waals surface area (Å²) in [5, 5.41) is 32.9. The molecule has 0 radical (unpaired) electrons. The summed E-state index contributed by atoms with van der Waals surface area (Å²) in [4.78, 5) is 75.4. The van der Waals surface area contributed by atoms with Gasteiger partial charge in [-0.2, -0.15) is 0 Å². The van der Waals surface area contributed by atoms with Gasteiger partial charge in [0.15, 0.2) is 34.7 Å². The second kappa shape index (κ2) is 12.8. The van der Waals surface area contributed by atoms with Gasteiger partial charge >= 0.3 is 0 Å². The molecule has 1 amide bonds. The van der Waals surface area contributed by atoms with Gasteiger partial charge in [0.1, 0.15) is 5.75 Å². The number of aliphatic hydroxyl groups is 2. The number of phenols is 1. The van der Waals surface area contributed by atoms with Crippen LogP contribution in [0.3, 0.4) is 0 Å². The Morgan fingerprint density at radius 3 is 2.38 bits per heavy atom. The Balaban J connectivity index is 1.36. The van der Waals surface area contributed by atoms with E-state index in [-0.39, 0.29) is 30.8 Å². The van der Waals surface area contributed by atoms with Crippen LogP contribution in [0.15, 0.2) is 18.2 Å². The Hall–Kier alpha value is -3.49. The minimum absolute atomic E-state index is 0.00477. The number of ketones is 4. The summed E-state index contributed by atoms with van der Waals surface area (Å²) in [6.07, 6.45) is 3.11. The largest absolute Gasteiger partial charge is 0.506 e. The first-order valence-electron chi connectivity index (χ1n) is 16.5. The Labute approximate surface area is 283 Å². The first kappa shape index (κ1) is 34.4. The Bertz CT molecular complexity index is 1680. The zero-order valence-corrected chi connectivity index (χ0v) is 28.6. The predicted molar refractivity (Wildman–Crippen MR) is 179 cm³/mol. The van der Waals surface area contributed by atoms with Gasteiger partial charge in [0.2, 0.25) is 5.91 Å².